The first kappa shape index (κ1) is 15.1. The number of unbranched alkanes of at least 4 members (excludes halogenated alkanes) is 1. The summed E-state index contributed by atoms with van der Waals surface area (Å²) in [6.07, 6.45) is 9.78. The minimum Gasteiger partial charge on any atom is -0.0654 e. The predicted molar refractivity (Wildman–Crippen MR) is 97.1 cm³/mol. The lowest BCUT2D eigenvalue weighted by molar-refractivity contribution is 0.795. The van der Waals surface area contributed by atoms with Crippen LogP contribution in [0.15, 0.2) is 48.0 Å². The molecule has 114 valence electrons. The number of hydrogen-bond acceptors (Lipinski definition) is 0. The number of rotatable bonds is 6. The molecule has 0 heterocycles. The van der Waals surface area contributed by atoms with Crippen LogP contribution in [-0.4, -0.2) is 0 Å². The molecule has 0 nitrogen and oxygen atoms in total. The highest BCUT2D eigenvalue weighted by atomic mass is 14.2. The van der Waals surface area contributed by atoms with Crippen LogP contribution in [0.1, 0.15) is 56.2 Å². The maximum Gasteiger partial charge on any atom is -0.00576 e. The molecule has 2 aromatic rings. The summed E-state index contributed by atoms with van der Waals surface area (Å²) in [6.45, 7) is 4.52. The van der Waals surface area contributed by atoms with E-state index in [0.717, 1.165) is 6.42 Å². The number of aryl methyl sites for hydroxylation is 1. The Labute approximate surface area is 134 Å². The third-order valence-electron chi connectivity index (χ3n) is 4.62. The largest absolute Gasteiger partial charge is 0.0654 e. The third-order valence-corrected chi connectivity index (χ3v) is 4.62. The molecule has 0 saturated heterocycles. The molecule has 0 amide bonds. The molecule has 0 unspecified atom stereocenters. The van der Waals surface area contributed by atoms with Gasteiger partial charge in [0.25, 0.3) is 0 Å². The quantitative estimate of drug-likeness (QED) is 0.574. The van der Waals surface area contributed by atoms with Crippen molar-refractivity contribution >= 4 is 6.08 Å². The summed E-state index contributed by atoms with van der Waals surface area (Å²) in [7, 11) is 0. The van der Waals surface area contributed by atoms with Crippen LogP contribution < -0.4 is 0 Å². The predicted octanol–water partition coefficient (Wildman–Crippen LogP) is 6.44. The molecular weight excluding hydrogens is 264 g/mol. The van der Waals surface area contributed by atoms with Gasteiger partial charge in [0.2, 0.25) is 0 Å². The van der Waals surface area contributed by atoms with Gasteiger partial charge >= 0.3 is 0 Å². The lowest BCUT2D eigenvalue weighted by atomic mass is 9.96. The van der Waals surface area contributed by atoms with E-state index in [1.165, 1.54) is 59.9 Å². The van der Waals surface area contributed by atoms with E-state index in [1.54, 1.807) is 5.57 Å². The zero-order valence-corrected chi connectivity index (χ0v) is 13.9. The van der Waals surface area contributed by atoms with Crippen LogP contribution in [0.3, 0.4) is 0 Å². The summed E-state index contributed by atoms with van der Waals surface area (Å²) in [5, 5.41) is 0. The maximum atomic E-state index is 2.43. The Hall–Kier alpha value is -1.82. The number of allylic oxidation sites excluding steroid dienone is 1. The van der Waals surface area contributed by atoms with Gasteiger partial charge in [0.05, 0.1) is 0 Å². The van der Waals surface area contributed by atoms with Crippen LogP contribution in [0.5, 0.6) is 0 Å². The molecule has 0 atom stereocenters. The molecule has 0 heteroatoms. The van der Waals surface area contributed by atoms with Gasteiger partial charge in [0, 0.05) is 0 Å². The van der Waals surface area contributed by atoms with Gasteiger partial charge in [0.15, 0.2) is 0 Å². The van der Waals surface area contributed by atoms with E-state index in [0.29, 0.717) is 0 Å². The summed E-state index contributed by atoms with van der Waals surface area (Å²) in [6, 6.07) is 16.0. The SMILES string of the molecule is CCCCc1ccc(-c2cccc3c2C=C(CCC)C3)cc1. The summed E-state index contributed by atoms with van der Waals surface area (Å²) < 4.78 is 0. The zero-order valence-electron chi connectivity index (χ0n) is 13.9. The molecule has 0 bridgehead atoms. The second kappa shape index (κ2) is 6.96. The topological polar surface area (TPSA) is 0 Å². The molecule has 2 aromatic carbocycles. The summed E-state index contributed by atoms with van der Waals surface area (Å²) in [5.41, 5.74) is 8.74. The summed E-state index contributed by atoms with van der Waals surface area (Å²) in [4.78, 5) is 0. The minimum absolute atomic E-state index is 1.14. The highest BCUT2D eigenvalue weighted by Crippen LogP contribution is 2.35. The van der Waals surface area contributed by atoms with E-state index >= 15 is 0 Å². The van der Waals surface area contributed by atoms with Crippen molar-refractivity contribution < 1.29 is 0 Å². The van der Waals surface area contributed by atoms with Crippen molar-refractivity contribution in [1.29, 1.82) is 0 Å². The smallest absolute Gasteiger partial charge is 0.00576 e. The lowest BCUT2D eigenvalue weighted by Crippen LogP contribution is -1.89. The molecule has 22 heavy (non-hydrogen) atoms. The average Bonchev–Trinajstić information content (AvgIpc) is 2.96. The van der Waals surface area contributed by atoms with Gasteiger partial charge in [-0.05, 0) is 53.5 Å². The third kappa shape index (κ3) is 3.16. The second-order valence-electron chi connectivity index (χ2n) is 6.41. The second-order valence-corrected chi connectivity index (χ2v) is 6.41. The van der Waals surface area contributed by atoms with Crippen molar-refractivity contribution in [3.05, 3.63) is 64.7 Å². The Bertz CT molecular complexity index is 659. The van der Waals surface area contributed by atoms with Crippen molar-refractivity contribution in [2.45, 2.75) is 52.4 Å². The fourth-order valence-electron chi connectivity index (χ4n) is 3.40. The van der Waals surface area contributed by atoms with Crippen LogP contribution >= 0.6 is 0 Å². The van der Waals surface area contributed by atoms with Gasteiger partial charge in [-0.3, -0.25) is 0 Å². The Kier molecular flexibility index (Phi) is 4.77. The summed E-state index contributed by atoms with van der Waals surface area (Å²) in [5.74, 6) is 0. The highest BCUT2D eigenvalue weighted by molar-refractivity contribution is 5.80. The van der Waals surface area contributed by atoms with Crippen molar-refractivity contribution in [3.63, 3.8) is 0 Å². The lowest BCUT2D eigenvalue weighted by Gasteiger charge is -2.09. The molecular formula is C22H26. The van der Waals surface area contributed by atoms with Crippen LogP contribution in [-0.2, 0) is 12.8 Å². The van der Waals surface area contributed by atoms with E-state index in [4.69, 9.17) is 0 Å². The first-order chi connectivity index (χ1) is 10.8. The van der Waals surface area contributed by atoms with E-state index in [-0.39, 0.29) is 0 Å². The minimum atomic E-state index is 1.14. The highest BCUT2D eigenvalue weighted by Gasteiger charge is 2.15. The zero-order chi connectivity index (χ0) is 15.4. The van der Waals surface area contributed by atoms with Crippen LogP contribution in [0.2, 0.25) is 0 Å². The molecule has 0 radical (unpaired) electrons. The van der Waals surface area contributed by atoms with Crippen molar-refractivity contribution in [3.8, 4) is 11.1 Å². The van der Waals surface area contributed by atoms with Crippen molar-refractivity contribution in [1.82, 2.24) is 0 Å². The molecule has 0 aromatic heterocycles. The molecule has 0 spiro atoms. The summed E-state index contributed by atoms with van der Waals surface area (Å²) >= 11 is 0. The van der Waals surface area contributed by atoms with E-state index in [1.807, 2.05) is 0 Å². The fraction of sp³-hybridized carbons (Fsp3) is 0.364. The Morgan fingerprint density at radius 2 is 1.68 bits per heavy atom. The number of benzene rings is 2. The normalized spacial score (nSPS) is 13.1. The van der Waals surface area contributed by atoms with Gasteiger partial charge < -0.3 is 0 Å². The molecule has 0 aliphatic heterocycles. The Morgan fingerprint density at radius 3 is 2.41 bits per heavy atom. The molecule has 1 aliphatic rings. The molecule has 3 rings (SSSR count). The Balaban J connectivity index is 1.88. The first-order valence-electron chi connectivity index (χ1n) is 8.72. The van der Waals surface area contributed by atoms with Crippen LogP contribution in [0.25, 0.3) is 17.2 Å². The van der Waals surface area contributed by atoms with E-state index < -0.39 is 0 Å². The van der Waals surface area contributed by atoms with Crippen molar-refractivity contribution in [2.24, 2.45) is 0 Å². The monoisotopic (exact) mass is 290 g/mol. The molecule has 0 saturated carbocycles. The van der Waals surface area contributed by atoms with Gasteiger partial charge in [-0.15, -0.1) is 0 Å². The standard InChI is InChI=1S/C22H26/c1-3-5-8-17-11-13-19(14-12-17)21-10-6-9-20-15-18(7-4-2)16-22(20)21/h6,9-14,16H,3-5,7-8,15H2,1-2H3. The van der Waals surface area contributed by atoms with Crippen molar-refractivity contribution in [2.75, 3.05) is 0 Å². The van der Waals surface area contributed by atoms with Gasteiger partial charge in [-0.2, -0.15) is 0 Å². The van der Waals surface area contributed by atoms with Gasteiger partial charge in [-0.1, -0.05) is 80.8 Å². The fourth-order valence-corrected chi connectivity index (χ4v) is 3.40. The molecule has 0 N–H and O–H groups in total. The van der Waals surface area contributed by atoms with E-state index in [2.05, 4.69) is 62.4 Å². The van der Waals surface area contributed by atoms with Gasteiger partial charge in [0.1, 0.15) is 0 Å². The number of hydrogen-bond donors (Lipinski definition) is 0. The van der Waals surface area contributed by atoms with Crippen LogP contribution in [0.4, 0.5) is 0 Å². The first-order valence-corrected chi connectivity index (χ1v) is 8.72. The maximum absolute atomic E-state index is 2.43. The Morgan fingerprint density at radius 1 is 0.864 bits per heavy atom. The average molecular weight is 290 g/mol. The molecule has 1 aliphatic carbocycles. The van der Waals surface area contributed by atoms with E-state index in [9.17, 15) is 0 Å². The van der Waals surface area contributed by atoms with Gasteiger partial charge in [-0.25, -0.2) is 0 Å². The molecule has 0 fully saturated rings. The van der Waals surface area contributed by atoms with Crippen LogP contribution in [0, 0.1) is 0 Å². The number of fused-ring (bicyclic) bond motifs is 1.